The Morgan fingerprint density at radius 3 is 2.82 bits per heavy atom. The van der Waals surface area contributed by atoms with Gasteiger partial charge < -0.3 is 15.8 Å². The van der Waals surface area contributed by atoms with Crippen molar-refractivity contribution in [1.82, 2.24) is 4.98 Å². The van der Waals surface area contributed by atoms with Gasteiger partial charge in [-0.25, -0.2) is 0 Å². The maximum Gasteiger partial charge on any atom is 0.271 e. The van der Waals surface area contributed by atoms with Crippen LogP contribution in [0.25, 0.3) is 5.76 Å². The average Bonchev–Trinajstić information content (AvgIpc) is 1.94. The van der Waals surface area contributed by atoms with Gasteiger partial charge in [0.1, 0.15) is 5.76 Å². The zero-order valence-corrected chi connectivity index (χ0v) is 5.79. The Balaban J connectivity index is 3.26. The van der Waals surface area contributed by atoms with Crippen LogP contribution in [0.15, 0.2) is 23.6 Å². The van der Waals surface area contributed by atoms with E-state index in [1.165, 1.54) is 12.3 Å². The van der Waals surface area contributed by atoms with E-state index in [1.54, 1.807) is 0 Å². The van der Waals surface area contributed by atoms with Gasteiger partial charge in [0.2, 0.25) is 0 Å². The molecule has 0 saturated heterocycles. The number of hydrogen-bond donors (Lipinski definition) is 3. The highest BCUT2D eigenvalue weighted by molar-refractivity contribution is 5.58. The standard InChI is InChI=1S/C7H8N2O2/c1-4(10)5-2-6(8)7(11)9-3-5/h2-3,10H,1,8H2,(H,9,11). The third-order valence-electron chi connectivity index (χ3n) is 1.27. The van der Waals surface area contributed by atoms with Crippen molar-refractivity contribution < 1.29 is 5.11 Å². The van der Waals surface area contributed by atoms with Crippen LogP contribution in [-0.4, -0.2) is 10.1 Å². The van der Waals surface area contributed by atoms with Crippen LogP contribution in [0.1, 0.15) is 5.56 Å². The summed E-state index contributed by atoms with van der Waals surface area (Å²) in [7, 11) is 0. The maximum atomic E-state index is 10.7. The summed E-state index contributed by atoms with van der Waals surface area (Å²) >= 11 is 0. The Hall–Kier alpha value is -1.71. The Bertz CT molecular complexity index is 341. The van der Waals surface area contributed by atoms with Gasteiger partial charge in [0.05, 0.1) is 5.69 Å². The van der Waals surface area contributed by atoms with Gasteiger partial charge in [-0.2, -0.15) is 0 Å². The lowest BCUT2D eigenvalue weighted by atomic mass is 10.2. The molecule has 0 aromatic carbocycles. The molecule has 4 nitrogen and oxygen atoms in total. The quantitative estimate of drug-likeness (QED) is 0.512. The molecule has 4 N–H and O–H groups in total. The summed E-state index contributed by atoms with van der Waals surface area (Å²) in [5.41, 5.74) is 5.38. The molecule has 0 amide bonds. The molecule has 0 spiro atoms. The minimum atomic E-state index is -0.366. The molecule has 0 aliphatic heterocycles. The largest absolute Gasteiger partial charge is 0.508 e. The minimum absolute atomic E-state index is 0.0673. The lowest BCUT2D eigenvalue weighted by Gasteiger charge is -1.97. The number of H-pyrrole nitrogens is 1. The molecule has 4 heteroatoms. The molecular weight excluding hydrogens is 144 g/mol. The van der Waals surface area contributed by atoms with Crippen molar-refractivity contribution in [3.63, 3.8) is 0 Å². The van der Waals surface area contributed by atoms with E-state index in [0.717, 1.165) is 0 Å². The molecule has 0 radical (unpaired) electrons. The molecule has 0 unspecified atom stereocenters. The summed E-state index contributed by atoms with van der Waals surface area (Å²) < 4.78 is 0. The van der Waals surface area contributed by atoms with E-state index >= 15 is 0 Å². The first-order valence-corrected chi connectivity index (χ1v) is 2.97. The summed E-state index contributed by atoms with van der Waals surface area (Å²) in [4.78, 5) is 13.1. The van der Waals surface area contributed by atoms with E-state index in [9.17, 15) is 4.79 Å². The predicted octanol–water partition coefficient (Wildman–Crippen LogP) is 0.486. The third-order valence-corrected chi connectivity index (χ3v) is 1.27. The summed E-state index contributed by atoms with van der Waals surface area (Å²) in [5.74, 6) is -0.118. The molecule has 1 aromatic rings. The van der Waals surface area contributed by atoms with Gasteiger partial charge in [0, 0.05) is 11.8 Å². The smallest absolute Gasteiger partial charge is 0.271 e. The summed E-state index contributed by atoms with van der Waals surface area (Å²) in [6.45, 7) is 3.27. The van der Waals surface area contributed by atoms with Crippen molar-refractivity contribution in [3.8, 4) is 0 Å². The summed E-state index contributed by atoms with van der Waals surface area (Å²) in [5, 5.41) is 8.87. The number of anilines is 1. The molecule has 0 atom stereocenters. The number of nitrogen functional groups attached to an aromatic ring is 1. The number of pyridine rings is 1. The first kappa shape index (κ1) is 7.40. The second-order valence-electron chi connectivity index (χ2n) is 2.12. The van der Waals surface area contributed by atoms with E-state index in [1.807, 2.05) is 0 Å². The molecule has 0 bridgehead atoms. The minimum Gasteiger partial charge on any atom is -0.508 e. The van der Waals surface area contributed by atoms with Crippen LogP contribution in [0.5, 0.6) is 0 Å². The SMILES string of the molecule is C=C(O)c1c[nH]c(=O)c(N)c1. The molecular formula is C7H8N2O2. The van der Waals surface area contributed by atoms with Crippen LogP contribution in [0, 0.1) is 0 Å². The average molecular weight is 152 g/mol. The summed E-state index contributed by atoms with van der Waals surface area (Å²) in [6, 6.07) is 1.36. The van der Waals surface area contributed by atoms with Gasteiger partial charge in [-0.3, -0.25) is 4.79 Å². The first-order valence-electron chi connectivity index (χ1n) is 2.97. The molecule has 1 heterocycles. The fourth-order valence-electron chi connectivity index (χ4n) is 0.668. The monoisotopic (exact) mass is 152 g/mol. The molecule has 0 aliphatic carbocycles. The normalized spacial score (nSPS) is 9.45. The van der Waals surface area contributed by atoms with Crippen LogP contribution >= 0.6 is 0 Å². The Kier molecular flexibility index (Phi) is 1.68. The van der Waals surface area contributed by atoms with Crippen molar-refractivity contribution in [2.45, 2.75) is 0 Å². The fraction of sp³-hybridized carbons (Fsp3) is 0. The lowest BCUT2D eigenvalue weighted by Crippen LogP contribution is -2.11. The molecule has 1 aromatic heterocycles. The zero-order chi connectivity index (χ0) is 8.43. The van der Waals surface area contributed by atoms with Gasteiger partial charge >= 0.3 is 0 Å². The van der Waals surface area contributed by atoms with Crippen molar-refractivity contribution >= 4 is 11.4 Å². The van der Waals surface area contributed by atoms with E-state index in [-0.39, 0.29) is 17.0 Å². The van der Waals surface area contributed by atoms with E-state index in [4.69, 9.17) is 10.8 Å². The lowest BCUT2D eigenvalue weighted by molar-refractivity contribution is 0.513. The van der Waals surface area contributed by atoms with Crippen LogP contribution in [0.3, 0.4) is 0 Å². The van der Waals surface area contributed by atoms with Crippen molar-refractivity contribution in [1.29, 1.82) is 0 Å². The number of aliphatic hydroxyl groups excluding tert-OH is 1. The van der Waals surface area contributed by atoms with Gasteiger partial charge in [-0.1, -0.05) is 6.58 Å². The number of aromatic nitrogens is 1. The predicted molar refractivity (Wildman–Crippen MR) is 43.1 cm³/mol. The molecule has 0 fully saturated rings. The van der Waals surface area contributed by atoms with Crippen LogP contribution in [0.4, 0.5) is 5.69 Å². The van der Waals surface area contributed by atoms with Gasteiger partial charge in [0.15, 0.2) is 0 Å². The van der Waals surface area contributed by atoms with E-state index < -0.39 is 0 Å². The highest BCUT2D eigenvalue weighted by atomic mass is 16.3. The first-order chi connectivity index (χ1) is 5.11. The second-order valence-corrected chi connectivity index (χ2v) is 2.12. The van der Waals surface area contributed by atoms with E-state index in [0.29, 0.717) is 5.56 Å². The van der Waals surface area contributed by atoms with Gasteiger partial charge in [-0.15, -0.1) is 0 Å². The zero-order valence-electron chi connectivity index (χ0n) is 5.79. The number of hydrogen-bond acceptors (Lipinski definition) is 3. The number of aliphatic hydroxyl groups is 1. The number of rotatable bonds is 1. The van der Waals surface area contributed by atoms with Gasteiger partial charge in [0.25, 0.3) is 5.56 Å². The van der Waals surface area contributed by atoms with Crippen LogP contribution < -0.4 is 11.3 Å². The van der Waals surface area contributed by atoms with Crippen molar-refractivity contribution in [2.75, 3.05) is 5.73 Å². The molecule has 58 valence electrons. The topological polar surface area (TPSA) is 79.1 Å². The number of nitrogens with two attached hydrogens (primary N) is 1. The number of aromatic amines is 1. The summed E-state index contributed by atoms with van der Waals surface area (Å²) in [6.07, 6.45) is 1.35. The number of nitrogens with one attached hydrogen (secondary N) is 1. The maximum absolute atomic E-state index is 10.7. The van der Waals surface area contributed by atoms with E-state index in [2.05, 4.69) is 11.6 Å². The third kappa shape index (κ3) is 1.40. The highest BCUT2D eigenvalue weighted by Crippen LogP contribution is 2.07. The van der Waals surface area contributed by atoms with Gasteiger partial charge in [-0.05, 0) is 6.07 Å². The second kappa shape index (κ2) is 2.49. The molecule has 1 rings (SSSR count). The Morgan fingerprint density at radius 2 is 2.36 bits per heavy atom. The molecule has 11 heavy (non-hydrogen) atoms. The van der Waals surface area contributed by atoms with Crippen molar-refractivity contribution in [3.05, 3.63) is 34.8 Å². The van der Waals surface area contributed by atoms with Crippen molar-refractivity contribution in [2.24, 2.45) is 0 Å². The molecule has 0 aliphatic rings. The van der Waals surface area contributed by atoms with Crippen LogP contribution in [0.2, 0.25) is 0 Å². The molecule has 0 saturated carbocycles. The Morgan fingerprint density at radius 1 is 1.73 bits per heavy atom. The Labute approximate surface area is 63.0 Å². The van der Waals surface area contributed by atoms with Crippen LogP contribution in [-0.2, 0) is 0 Å². The fourth-order valence-corrected chi connectivity index (χ4v) is 0.668. The highest BCUT2D eigenvalue weighted by Gasteiger charge is 1.98.